The second-order valence-electron chi connectivity index (χ2n) is 5.64. The summed E-state index contributed by atoms with van der Waals surface area (Å²) in [6, 6.07) is 6.24. The number of nitrogens with zero attached hydrogens (tertiary/aromatic N) is 2. The van der Waals surface area contributed by atoms with Crippen molar-refractivity contribution in [2.45, 2.75) is 33.6 Å². The Labute approximate surface area is 104 Å². The number of aromatic nitrogens is 1. The molecule has 2 rings (SSSR count). The zero-order chi connectivity index (χ0) is 12.3. The minimum atomic E-state index is 0.425. The lowest BCUT2D eigenvalue weighted by Crippen LogP contribution is -2.23. The third-order valence-electron chi connectivity index (χ3n) is 3.29. The molecule has 0 aromatic carbocycles. The fourth-order valence-electron chi connectivity index (χ4n) is 2.26. The van der Waals surface area contributed by atoms with Gasteiger partial charge in [-0.3, -0.25) is 0 Å². The van der Waals surface area contributed by atoms with E-state index in [1.54, 1.807) is 0 Å². The Morgan fingerprint density at radius 3 is 2.88 bits per heavy atom. The van der Waals surface area contributed by atoms with Crippen LogP contribution in [0.3, 0.4) is 0 Å². The van der Waals surface area contributed by atoms with Crippen molar-refractivity contribution in [3.05, 3.63) is 18.2 Å². The third-order valence-corrected chi connectivity index (χ3v) is 3.29. The Balaban J connectivity index is 2.06. The summed E-state index contributed by atoms with van der Waals surface area (Å²) in [5.74, 6) is 2.10. The van der Waals surface area contributed by atoms with E-state index in [2.05, 4.69) is 48.1 Å². The van der Waals surface area contributed by atoms with Crippen molar-refractivity contribution in [1.29, 1.82) is 0 Å². The van der Waals surface area contributed by atoms with Crippen LogP contribution in [0.1, 0.15) is 33.6 Å². The molecule has 3 nitrogen and oxygen atoms in total. The summed E-state index contributed by atoms with van der Waals surface area (Å²) in [4.78, 5) is 7.06. The Morgan fingerprint density at radius 2 is 2.24 bits per heavy atom. The lowest BCUT2D eigenvalue weighted by atomic mass is 9.93. The van der Waals surface area contributed by atoms with E-state index in [-0.39, 0.29) is 0 Å². The maximum absolute atomic E-state index is 4.67. The molecule has 0 unspecified atom stereocenters. The molecule has 1 aromatic rings. The van der Waals surface area contributed by atoms with Crippen LogP contribution in [0.4, 0.5) is 11.6 Å². The van der Waals surface area contributed by atoms with E-state index >= 15 is 0 Å². The van der Waals surface area contributed by atoms with E-state index in [4.69, 9.17) is 0 Å². The number of anilines is 2. The van der Waals surface area contributed by atoms with E-state index in [9.17, 15) is 0 Å². The van der Waals surface area contributed by atoms with Gasteiger partial charge in [-0.25, -0.2) is 4.98 Å². The van der Waals surface area contributed by atoms with Crippen molar-refractivity contribution < 1.29 is 0 Å². The van der Waals surface area contributed by atoms with Gasteiger partial charge in [0.25, 0.3) is 0 Å². The zero-order valence-corrected chi connectivity index (χ0v) is 11.2. The number of rotatable bonds is 4. The van der Waals surface area contributed by atoms with Gasteiger partial charge in [0.1, 0.15) is 11.6 Å². The van der Waals surface area contributed by atoms with E-state index < -0.39 is 0 Å². The molecule has 1 aliphatic heterocycles. The average molecular weight is 233 g/mol. The van der Waals surface area contributed by atoms with Gasteiger partial charge < -0.3 is 10.2 Å². The highest BCUT2D eigenvalue weighted by Gasteiger charge is 2.29. The van der Waals surface area contributed by atoms with Crippen molar-refractivity contribution in [3.63, 3.8) is 0 Å². The molecule has 17 heavy (non-hydrogen) atoms. The number of nitrogens with one attached hydrogen (secondary N) is 1. The Bertz CT molecular complexity index is 373. The van der Waals surface area contributed by atoms with Crippen molar-refractivity contribution in [1.82, 2.24) is 4.98 Å². The quantitative estimate of drug-likeness (QED) is 0.866. The first-order valence-electron chi connectivity index (χ1n) is 6.57. The van der Waals surface area contributed by atoms with Gasteiger partial charge >= 0.3 is 0 Å². The number of pyridine rings is 1. The molecule has 1 aromatic heterocycles. The molecule has 1 aliphatic rings. The van der Waals surface area contributed by atoms with Gasteiger partial charge in [0.2, 0.25) is 0 Å². The van der Waals surface area contributed by atoms with Gasteiger partial charge in [0.15, 0.2) is 0 Å². The molecule has 0 bridgehead atoms. The molecular weight excluding hydrogens is 210 g/mol. The summed E-state index contributed by atoms with van der Waals surface area (Å²) >= 11 is 0. The van der Waals surface area contributed by atoms with Crippen LogP contribution in [0.5, 0.6) is 0 Å². The van der Waals surface area contributed by atoms with E-state index in [0.29, 0.717) is 5.41 Å². The molecule has 0 spiro atoms. The first kappa shape index (κ1) is 12.2. The van der Waals surface area contributed by atoms with Crippen LogP contribution >= 0.6 is 0 Å². The normalized spacial score (nSPS) is 18.4. The first-order valence-corrected chi connectivity index (χ1v) is 6.57. The highest BCUT2D eigenvalue weighted by molar-refractivity contribution is 5.48. The summed E-state index contributed by atoms with van der Waals surface area (Å²) in [7, 11) is 0. The Morgan fingerprint density at radius 1 is 1.41 bits per heavy atom. The Hall–Kier alpha value is -1.25. The van der Waals surface area contributed by atoms with Gasteiger partial charge in [-0.1, -0.05) is 26.8 Å². The van der Waals surface area contributed by atoms with Crippen LogP contribution in [0.25, 0.3) is 0 Å². The third kappa shape index (κ3) is 3.11. The molecule has 1 saturated heterocycles. The van der Waals surface area contributed by atoms with Crippen molar-refractivity contribution in [2.24, 2.45) is 5.41 Å². The molecule has 0 saturated carbocycles. The van der Waals surface area contributed by atoms with Gasteiger partial charge in [-0.15, -0.1) is 0 Å². The van der Waals surface area contributed by atoms with Crippen molar-refractivity contribution in [2.75, 3.05) is 29.9 Å². The lowest BCUT2D eigenvalue weighted by Gasteiger charge is -2.21. The van der Waals surface area contributed by atoms with Crippen LogP contribution in [-0.4, -0.2) is 24.6 Å². The summed E-state index contributed by atoms with van der Waals surface area (Å²) < 4.78 is 0. The molecule has 0 amide bonds. The summed E-state index contributed by atoms with van der Waals surface area (Å²) in [5, 5.41) is 3.34. The molecule has 0 aliphatic carbocycles. The van der Waals surface area contributed by atoms with Crippen molar-refractivity contribution in [3.8, 4) is 0 Å². The maximum atomic E-state index is 4.67. The molecule has 0 radical (unpaired) electrons. The first-order chi connectivity index (χ1) is 8.11. The minimum Gasteiger partial charge on any atom is -0.370 e. The summed E-state index contributed by atoms with van der Waals surface area (Å²) in [5.41, 5.74) is 0.425. The van der Waals surface area contributed by atoms with Crippen LogP contribution in [0, 0.1) is 5.41 Å². The van der Waals surface area contributed by atoms with Crippen LogP contribution < -0.4 is 10.2 Å². The summed E-state index contributed by atoms with van der Waals surface area (Å²) in [6.45, 7) is 10.0. The topological polar surface area (TPSA) is 28.2 Å². The predicted molar refractivity (Wildman–Crippen MR) is 73.6 cm³/mol. The second kappa shape index (κ2) is 4.94. The zero-order valence-electron chi connectivity index (χ0n) is 11.2. The molecule has 3 heteroatoms. The van der Waals surface area contributed by atoms with Gasteiger partial charge in [-0.05, 0) is 30.4 Å². The van der Waals surface area contributed by atoms with E-state index in [1.807, 2.05) is 6.07 Å². The predicted octanol–water partition coefficient (Wildman–Crippen LogP) is 3.14. The van der Waals surface area contributed by atoms with Crippen molar-refractivity contribution >= 4 is 11.6 Å². The molecule has 94 valence electrons. The molecule has 2 heterocycles. The largest absolute Gasteiger partial charge is 0.370 e. The average Bonchev–Trinajstić information content (AvgIpc) is 2.67. The monoisotopic (exact) mass is 233 g/mol. The second-order valence-corrected chi connectivity index (χ2v) is 5.64. The smallest absolute Gasteiger partial charge is 0.130 e. The van der Waals surface area contributed by atoms with Crippen LogP contribution in [0.2, 0.25) is 0 Å². The van der Waals surface area contributed by atoms with E-state index in [1.165, 1.54) is 6.42 Å². The van der Waals surface area contributed by atoms with Crippen LogP contribution in [0.15, 0.2) is 18.2 Å². The standard InChI is InChI=1S/C14H23N3/c1-4-9-15-12-6-5-7-13(16-12)17-10-8-14(2,3)11-17/h5-7H,4,8-11H2,1-3H3,(H,15,16). The minimum absolute atomic E-state index is 0.425. The molecular formula is C14H23N3. The van der Waals surface area contributed by atoms with Gasteiger partial charge in [0, 0.05) is 19.6 Å². The van der Waals surface area contributed by atoms with E-state index in [0.717, 1.165) is 37.7 Å². The summed E-state index contributed by atoms with van der Waals surface area (Å²) in [6.07, 6.45) is 2.38. The Kier molecular flexibility index (Phi) is 3.55. The molecule has 1 fully saturated rings. The van der Waals surface area contributed by atoms with Crippen LogP contribution in [-0.2, 0) is 0 Å². The maximum Gasteiger partial charge on any atom is 0.130 e. The lowest BCUT2D eigenvalue weighted by molar-refractivity contribution is 0.418. The highest BCUT2D eigenvalue weighted by atomic mass is 15.2. The van der Waals surface area contributed by atoms with Gasteiger partial charge in [0.05, 0.1) is 0 Å². The fraction of sp³-hybridized carbons (Fsp3) is 0.643. The molecule has 0 atom stereocenters. The van der Waals surface area contributed by atoms with Gasteiger partial charge in [-0.2, -0.15) is 0 Å². The highest BCUT2D eigenvalue weighted by Crippen LogP contribution is 2.31. The SMILES string of the molecule is CCCNc1cccc(N2CCC(C)(C)C2)n1. The number of hydrogen-bond donors (Lipinski definition) is 1. The fourth-order valence-corrected chi connectivity index (χ4v) is 2.26. The number of hydrogen-bond acceptors (Lipinski definition) is 3. The molecule has 1 N–H and O–H groups in total.